The number of carbonyl (C=O) groups is 2. The first-order chi connectivity index (χ1) is 13.3. The third-order valence-corrected chi connectivity index (χ3v) is 4.19. The zero-order chi connectivity index (χ0) is 20.3. The lowest BCUT2D eigenvalue weighted by Crippen LogP contribution is -2.27. The van der Waals surface area contributed by atoms with Crippen LogP contribution in [0.15, 0.2) is 53.3 Å². The summed E-state index contributed by atoms with van der Waals surface area (Å²) in [6.45, 7) is 5.17. The summed E-state index contributed by atoms with van der Waals surface area (Å²) in [5, 5.41) is 11.1. The van der Waals surface area contributed by atoms with Gasteiger partial charge < -0.3 is 10.6 Å². The van der Waals surface area contributed by atoms with Crippen molar-refractivity contribution in [3.63, 3.8) is 0 Å². The van der Waals surface area contributed by atoms with E-state index in [1.54, 1.807) is 42.5 Å². The van der Waals surface area contributed by atoms with E-state index in [9.17, 15) is 14.4 Å². The van der Waals surface area contributed by atoms with E-state index in [0.717, 1.165) is 0 Å². The average molecular weight is 378 g/mol. The van der Waals surface area contributed by atoms with Crippen molar-refractivity contribution >= 4 is 34.0 Å². The summed E-state index contributed by atoms with van der Waals surface area (Å²) >= 11 is 0. The van der Waals surface area contributed by atoms with Crippen LogP contribution in [-0.4, -0.2) is 21.6 Å². The Morgan fingerprint density at radius 1 is 1.00 bits per heavy atom. The van der Waals surface area contributed by atoms with Gasteiger partial charge in [-0.2, -0.15) is 5.10 Å². The van der Waals surface area contributed by atoms with Crippen molar-refractivity contribution in [3.8, 4) is 0 Å². The van der Waals surface area contributed by atoms with Crippen molar-refractivity contribution in [1.29, 1.82) is 0 Å². The summed E-state index contributed by atoms with van der Waals surface area (Å²) in [4.78, 5) is 36.4. The normalized spacial score (nSPS) is 10.9. The topological polar surface area (TPSA) is 93.1 Å². The summed E-state index contributed by atoms with van der Waals surface area (Å²) in [6.07, 6.45) is 0.0257. The molecule has 28 heavy (non-hydrogen) atoms. The molecule has 0 saturated heterocycles. The number of anilines is 2. The quantitative estimate of drug-likeness (QED) is 0.713. The lowest BCUT2D eigenvalue weighted by molar-refractivity contribution is -0.116. The van der Waals surface area contributed by atoms with Gasteiger partial charge in [-0.05, 0) is 38.1 Å². The molecular formula is C21H22N4O3. The number of hydrogen-bond donors (Lipinski definition) is 2. The molecule has 0 aliphatic heterocycles. The number of benzene rings is 2. The molecule has 144 valence electrons. The fraction of sp³-hybridized carbons (Fsp3) is 0.238. The van der Waals surface area contributed by atoms with Gasteiger partial charge in [-0.15, -0.1) is 0 Å². The summed E-state index contributed by atoms with van der Waals surface area (Å²) in [5.41, 5.74) is 1.54. The highest BCUT2D eigenvalue weighted by Crippen LogP contribution is 2.18. The Labute approximate surface area is 162 Å². The van der Waals surface area contributed by atoms with Gasteiger partial charge in [0, 0.05) is 23.7 Å². The van der Waals surface area contributed by atoms with Crippen LogP contribution in [0.2, 0.25) is 0 Å². The Hall–Kier alpha value is -3.48. The molecule has 1 aromatic heterocycles. The van der Waals surface area contributed by atoms with Crippen molar-refractivity contribution < 1.29 is 9.59 Å². The number of hydrogen-bond acceptors (Lipinski definition) is 4. The number of carbonyl (C=O) groups excluding carboxylic acids is 2. The van der Waals surface area contributed by atoms with E-state index in [2.05, 4.69) is 15.7 Å². The van der Waals surface area contributed by atoms with E-state index in [1.165, 1.54) is 11.6 Å². The lowest BCUT2D eigenvalue weighted by Gasteiger charge is -2.13. The van der Waals surface area contributed by atoms with Gasteiger partial charge in [0.05, 0.1) is 23.5 Å². The molecule has 0 aliphatic rings. The molecule has 0 fully saturated rings. The highest BCUT2D eigenvalue weighted by atomic mass is 16.2. The first-order valence-corrected chi connectivity index (χ1v) is 9.03. The zero-order valence-corrected chi connectivity index (χ0v) is 16.0. The van der Waals surface area contributed by atoms with Crippen molar-refractivity contribution in [2.45, 2.75) is 33.2 Å². The third-order valence-electron chi connectivity index (χ3n) is 4.19. The Morgan fingerprint density at radius 2 is 1.64 bits per heavy atom. The molecule has 7 heteroatoms. The van der Waals surface area contributed by atoms with Crippen LogP contribution in [-0.2, 0) is 16.0 Å². The van der Waals surface area contributed by atoms with E-state index in [4.69, 9.17) is 0 Å². The van der Waals surface area contributed by atoms with Gasteiger partial charge in [0.2, 0.25) is 11.8 Å². The highest BCUT2D eigenvalue weighted by molar-refractivity contribution is 5.96. The third kappa shape index (κ3) is 4.25. The van der Waals surface area contributed by atoms with E-state index in [1.807, 2.05) is 19.9 Å². The maximum atomic E-state index is 12.6. The second-order valence-electron chi connectivity index (χ2n) is 6.82. The minimum absolute atomic E-state index is 0.0257. The molecule has 0 radical (unpaired) electrons. The summed E-state index contributed by atoms with van der Waals surface area (Å²) < 4.78 is 1.41. The molecule has 3 aromatic rings. The highest BCUT2D eigenvalue weighted by Gasteiger charge is 2.15. The summed E-state index contributed by atoms with van der Waals surface area (Å²) in [7, 11) is 0. The number of nitrogens with one attached hydrogen (secondary N) is 2. The molecule has 0 spiro atoms. The van der Waals surface area contributed by atoms with Crippen LogP contribution in [0.1, 0.15) is 32.5 Å². The van der Waals surface area contributed by atoms with E-state index < -0.39 is 0 Å². The number of rotatable bonds is 5. The molecule has 0 atom stereocenters. The average Bonchev–Trinajstić information content (AvgIpc) is 2.63. The minimum Gasteiger partial charge on any atom is -0.326 e. The molecule has 2 aromatic carbocycles. The number of fused-ring (bicyclic) bond motifs is 1. The molecular weight excluding hydrogens is 356 g/mol. The molecule has 2 amide bonds. The van der Waals surface area contributed by atoms with Crippen LogP contribution >= 0.6 is 0 Å². The van der Waals surface area contributed by atoms with Crippen LogP contribution < -0.4 is 16.2 Å². The lowest BCUT2D eigenvalue weighted by atomic mass is 10.1. The fourth-order valence-electron chi connectivity index (χ4n) is 2.99. The van der Waals surface area contributed by atoms with Gasteiger partial charge in [0.25, 0.3) is 5.56 Å². The molecule has 3 rings (SSSR count). The van der Waals surface area contributed by atoms with Gasteiger partial charge in [-0.1, -0.05) is 24.3 Å². The van der Waals surface area contributed by atoms with Crippen molar-refractivity contribution in [2.24, 2.45) is 0 Å². The van der Waals surface area contributed by atoms with Crippen LogP contribution in [0, 0.1) is 0 Å². The van der Waals surface area contributed by atoms with Crippen LogP contribution in [0.4, 0.5) is 11.4 Å². The minimum atomic E-state index is -0.258. The molecule has 0 bridgehead atoms. The smallest absolute Gasteiger partial charge is 0.274 e. The largest absolute Gasteiger partial charge is 0.326 e. The maximum Gasteiger partial charge on any atom is 0.274 e. The maximum absolute atomic E-state index is 12.6. The Bertz CT molecular complexity index is 1100. The van der Waals surface area contributed by atoms with Crippen LogP contribution in [0.3, 0.4) is 0 Å². The number of nitrogens with zero attached hydrogens (tertiary/aromatic N) is 2. The van der Waals surface area contributed by atoms with Gasteiger partial charge in [-0.25, -0.2) is 4.68 Å². The van der Waals surface area contributed by atoms with Gasteiger partial charge in [-0.3, -0.25) is 14.4 Å². The molecule has 7 nitrogen and oxygen atoms in total. The number of aromatic nitrogens is 2. The second kappa shape index (κ2) is 8.04. The first-order valence-electron chi connectivity index (χ1n) is 9.03. The fourth-order valence-corrected chi connectivity index (χ4v) is 2.99. The monoisotopic (exact) mass is 378 g/mol. The predicted molar refractivity (Wildman–Crippen MR) is 109 cm³/mol. The summed E-state index contributed by atoms with van der Waals surface area (Å²) in [6, 6.07) is 14.0. The van der Waals surface area contributed by atoms with Crippen LogP contribution in [0.25, 0.3) is 10.8 Å². The molecule has 0 aliphatic carbocycles. The summed E-state index contributed by atoms with van der Waals surface area (Å²) in [5.74, 6) is -0.443. The first kappa shape index (κ1) is 19.3. The SMILES string of the molecule is CC(=O)Nc1cccc(NC(=O)Cc2nn(C(C)C)c(=O)c3ccccc23)c1. The van der Waals surface area contributed by atoms with Crippen LogP contribution in [0.5, 0.6) is 0 Å². The molecule has 1 heterocycles. The van der Waals surface area contributed by atoms with E-state index in [-0.39, 0.29) is 29.8 Å². The molecule has 0 saturated carbocycles. The van der Waals surface area contributed by atoms with Gasteiger partial charge >= 0.3 is 0 Å². The van der Waals surface area contributed by atoms with Crippen molar-refractivity contribution in [3.05, 3.63) is 64.6 Å². The number of amides is 2. The molecule has 0 unspecified atom stereocenters. The van der Waals surface area contributed by atoms with Crippen molar-refractivity contribution in [2.75, 3.05) is 10.6 Å². The standard InChI is InChI=1S/C21H22N4O3/c1-13(2)25-21(28)18-10-5-4-9-17(18)19(24-25)12-20(27)23-16-8-6-7-15(11-16)22-14(3)26/h4-11,13H,12H2,1-3H3,(H,22,26)(H,23,27). The van der Waals surface area contributed by atoms with E-state index in [0.29, 0.717) is 27.8 Å². The van der Waals surface area contributed by atoms with E-state index >= 15 is 0 Å². The molecule has 2 N–H and O–H groups in total. The Kier molecular flexibility index (Phi) is 5.54. The van der Waals surface area contributed by atoms with Gasteiger partial charge in [0.15, 0.2) is 0 Å². The Morgan fingerprint density at radius 3 is 2.29 bits per heavy atom. The second-order valence-corrected chi connectivity index (χ2v) is 6.82. The zero-order valence-electron chi connectivity index (χ0n) is 16.0. The predicted octanol–water partition coefficient (Wildman–Crippen LogP) is 3.12. The Balaban J connectivity index is 1.88. The van der Waals surface area contributed by atoms with Gasteiger partial charge in [0.1, 0.15) is 0 Å². The van der Waals surface area contributed by atoms with Crippen molar-refractivity contribution in [1.82, 2.24) is 9.78 Å².